The fourth-order valence-electron chi connectivity index (χ4n) is 1.79. The van der Waals surface area contributed by atoms with E-state index in [-0.39, 0.29) is 6.03 Å². The number of carbonyl (C=O) groups excluding carboxylic acids is 1. The third-order valence-corrected chi connectivity index (χ3v) is 2.73. The van der Waals surface area contributed by atoms with Crippen LogP contribution in [0.25, 0.3) is 0 Å². The fraction of sp³-hybridized carbons (Fsp3) is 0.750. The molecule has 3 nitrogen and oxygen atoms in total. The highest BCUT2D eigenvalue weighted by molar-refractivity contribution is 5.75. The van der Waals surface area contributed by atoms with E-state index >= 15 is 0 Å². The smallest absolute Gasteiger partial charge is 0.316 e. The Balaban J connectivity index is 2.32. The second-order valence-corrected chi connectivity index (χ2v) is 4.70. The highest BCUT2D eigenvalue weighted by Gasteiger charge is 2.20. The summed E-state index contributed by atoms with van der Waals surface area (Å²) >= 11 is 0. The van der Waals surface area contributed by atoms with Crippen LogP contribution in [0.15, 0.2) is 0 Å². The molecule has 1 aliphatic carbocycles. The lowest BCUT2D eigenvalue weighted by Gasteiger charge is -2.26. The molecule has 2 amide bonds. The van der Waals surface area contributed by atoms with E-state index in [1.807, 2.05) is 13.8 Å². The average molecular weight is 208 g/mol. The van der Waals surface area contributed by atoms with Crippen LogP contribution in [-0.4, -0.2) is 17.6 Å². The van der Waals surface area contributed by atoms with Crippen molar-refractivity contribution in [1.82, 2.24) is 10.6 Å². The maximum absolute atomic E-state index is 11.6. The molecule has 1 aliphatic rings. The Bertz CT molecular complexity index is 259. The van der Waals surface area contributed by atoms with Crippen molar-refractivity contribution >= 4 is 6.03 Å². The van der Waals surface area contributed by atoms with Gasteiger partial charge in [-0.25, -0.2) is 4.79 Å². The zero-order valence-corrected chi connectivity index (χ0v) is 9.60. The third kappa shape index (κ3) is 4.24. The van der Waals surface area contributed by atoms with Crippen LogP contribution in [0.3, 0.4) is 0 Å². The molecule has 0 unspecified atom stereocenters. The van der Waals surface area contributed by atoms with Crippen molar-refractivity contribution in [3.8, 4) is 12.3 Å². The molecule has 0 aliphatic heterocycles. The first kappa shape index (κ1) is 11.9. The van der Waals surface area contributed by atoms with Gasteiger partial charge < -0.3 is 10.6 Å². The van der Waals surface area contributed by atoms with Gasteiger partial charge in [-0.3, -0.25) is 0 Å². The van der Waals surface area contributed by atoms with Crippen LogP contribution < -0.4 is 10.6 Å². The molecular formula is C12H20N2O. The van der Waals surface area contributed by atoms with Crippen molar-refractivity contribution in [3.05, 3.63) is 0 Å². The topological polar surface area (TPSA) is 41.1 Å². The zero-order chi connectivity index (χ0) is 11.3. The summed E-state index contributed by atoms with van der Waals surface area (Å²) in [5.74, 6) is 2.54. The Kier molecular flexibility index (Phi) is 4.02. The molecule has 15 heavy (non-hydrogen) atoms. The molecule has 0 radical (unpaired) electrons. The number of terminal acetylenes is 1. The number of rotatable bonds is 2. The summed E-state index contributed by atoms with van der Waals surface area (Å²) in [5.41, 5.74) is -0.571. The molecule has 0 heterocycles. The van der Waals surface area contributed by atoms with Gasteiger partial charge in [0.05, 0.1) is 5.54 Å². The van der Waals surface area contributed by atoms with Gasteiger partial charge in [0.2, 0.25) is 0 Å². The van der Waals surface area contributed by atoms with Crippen LogP contribution in [0.4, 0.5) is 4.79 Å². The highest BCUT2D eigenvalue weighted by atomic mass is 16.2. The maximum atomic E-state index is 11.6. The Morgan fingerprint density at radius 1 is 1.33 bits per heavy atom. The average Bonchev–Trinajstić information content (AvgIpc) is 2.18. The van der Waals surface area contributed by atoms with Crippen molar-refractivity contribution in [2.75, 3.05) is 0 Å². The van der Waals surface area contributed by atoms with Gasteiger partial charge in [-0.1, -0.05) is 25.2 Å². The van der Waals surface area contributed by atoms with Gasteiger partial charge in [-0.05, 0) is 26.7 Å². The van der Waals surface area contributed by atoms with Crippen LogP contribution >= 0.6 is 0 Å². The minimum absolute atomic E-state index is 0.148. The Morgan fingerprint density at radius 2 is 1.93 bits per heavy atom. The zero-order valence-electron chi connectivity index (χ0n) is 9.60. The summed E-state index contributed by atoms with van der Waals surface area (Å²) in [4.78, 5) is 11.6. The predicted molar refractivity (Wildman–Crippen MR) is 61.5 cm³/mol. The first-order valence-corrected chi connectivity index (χ1v) is 5.60. The van der Waals surface area contributed by atoms with E-state index in [0.717, 1.165) is 12.8 Å². The van der Waals surface area contributed by atoms with Gasteiger partial charge in [-0.2, -0.15) is 0 Å². The quantitative estimate of drug-likeness (QED) is 0.670. The second-order valence-electron chi connectivity index (χ2n) is 4.70. The molecule has 0 aromatic rings. The molecule has 0 aromatic heterocycles. The molecule has 0 saturated heterocycles. The standard InChI is InChI=1S/C12H20N2O/c1-4-12(2,3)14-11(15)13-10-8-6-5-7-9-10/h1,10H,5-9H2,2-3H3,(H2,13,14,15). The summed E-state index contributed by atoms with van der Waals surface area (Å²) in [6.45, 7) is 3.63. The first-order valence-electron chi connectivity index (χ1n) is 5.60. The van der Waals surface area contributed by atoms with E-state index in [9.17, 15) is 4.79 Å². The van der Waals surface area contributed by atoms with Gasteiger partial charge in [0, 0.05) is 6.04 Å². The fourth-order valence-corrected chi connectivity index (χ4v) is 1.79. The highest BCUT2D eigenvalue weighted by Crippen LogP contribution is 2.17. The SMILES string of the molecule is C#CC(C)(C)NC(=O)NC1CCCCC1. The Morgan fingerprint density at radius 3 is 2.47 bits per heavy atom. The van der Waals surface area contributed by atoms with Crippen LogP contribution in [0.5, 0.6) is 0 Å². The van der Waals surface area contributed by atoms with E-state index in [2.05, 4.69) is 16.6 Å². The Hall–Kier alpha value is -1.17. The lowest BCUT2D eigenvalue weighted by atomic mass is 9.96. The number of nitrogens with one attached hydrogen (secondary N) is 2. The molecule has 0 bridgehead atoms. The first-order chi connectivity index (χ1) is 7.03. The third-order valence-electron chi connectivity index (χ3n) is 2.73. The van der Waals surface area contributed by atoms with Crippen LogP contribution in [0, 0.1) is 12.3 Å². The lowest BCUT2D eigenvalue weighted by molar-refractivity contribution is 0.227. The minimum Gasteiger partial charge on any atom is -0.335 e. The summed E-state index contributed by atoms with van der Waals surface area (Å²) < 4.78 is 0. The molecule has 1 fully saturated rings. The van der Waals surface area contributed by atoms with Crippen molar-refractivity contribution < 1.29 is 4.79 Å². The normalized spacial score (nSPS) is 17.9. The lowest BCUT2D eigenvalue weighted by Crippen LogP contribution is -2.50. The number of urea groups is 1. The summed E-state index contributed by atoms with van der Waals surface area (Å²) in [6, 6.07) is 0.178. The largest absolute Gasteiger partial charge is 0.335 e. The van der Waals surface area contributed by atoms with E-state index in [0.29, 0.717) is 6.04 Å². The number of carbonyl (C=O) groups is 1. The van der Waals surface area contributed by atoms with Crippen LogP contribution in [0.2, 0.25) is 0 Å². The summed E-state index contributed by atoms with van der Waals surface area (Å²) in [6.07, 6.45) is 11.2. The molecule has 0 atom stereocenters. The van der Waals surface area contributed by atoms with E-state index in [1.165, 1.54) is 19.3 Å². The van der Waals surface area contributed by atoms with Gasteiger partial charge >= 0.3 is 6.03 Å². The van der Waals surface area contributed by atoms with Gasteiger partial charge in [0.1, 0.15) is 0 Å². The van der Waals surface area contributed by atoms with Gasteiger partial charge in [-0.15, -0.1) is 6.42 Å². The molecule has 1 saturated carbocycles. The number of amides is 2. The second kappa shape index (κ2) is 5.06. The van der Waals surface area contributed by atoms with E-state index in [4.69, 9.17) is 6.42 Å². The molecular weight excluding hydrogens is 188 g/mol. The monoisotopic (exact) mass is 208 g/mol. The van der Waals surface area contributed by atoms with Crippen molar-refractivity contribution in [3.63, 3.8) is 0 Å². The minimum atomic E-state index is -0.571. The van der Waals surface area contributed by atoms with Gasteiger partial charge in [0.15, 0.2) is 0 Å². The molecule has 84 valence electrons. The molecule has 2 N–H and O–H groups in total. The van der Waals surface area contributed by atoms with Crippen molar-refractivity contribution in [1.29, 1.82) is 0 Å². The molecule has 1 rings (SSSR count). The van der Waals surface area contributed by atoms with Crippen molar-refractivity contribution in [2.45, 2.75) is 57.5 Å². The van der Waals surface area contributed by atoms with Gasteiger partial charge in [0.25, 0.3) is 0 Å². The maximum Gasteiger partial charge on any atom is 0.316 e. The Labute approximate surface area is 92.0 Å². The van der Waals surface area contributed by atoms with E-state index < -0.39 is 5.54 Å². The molecule has 3 heteroatoms. The number of hydrogen-bond acceptors (Lipinski definition) is 1. The summed E-state index contributed by atoms with van der Waals surface area (Å²) in [7, 11) is 0. The van der Waals surface area contributed by atoms with Crippen molar-refractivity contribution in [2.24, 2.45) is 0 Å². The molecule has 0 spiro atoms. The van der Waals surface area contributed by atoms with Crippen LogP contribution in [0.1, 0.15) is 46.0 Å². The van der Waals surface area contributed by atoms with Crippen LogP contribution in [-0.2, 0) is 0 Å². The number of hydrogen-bond donors (Lipinski definition) is 2. The molecule has 0 aromatic carbocycles. The predicted octanol–water partition coefficient (Wildman–Crippen LogP) is 2.03. The summed E-state index contributed by atoms with van der Waals surface area (Å²) in [5, 5.41) is 5.73. The van der Waals surface area contributed by atoms with E-state index in [1.54, 1.807) is 0 Å².